The minimum atomic E-state index is 0.606. The smallest absolute Gasteiger partial charge is 0.203 e. The Morgan fingerprint density at radius 3 is 3.07 bits per heavy atom. The molecule has 1 N–H and O–H groups in total. The number of anilines is 1. The van der Waals surface area contributed by atoms with Crippen LogP contribution in [0.2, 0.25) is 0 Å². The average molecular weight is 211 g/mol. The molecule has 4 heteroatoms. The van der Waals surface area contributed by atoms with Gasteiger partial charge in [-0.1, -0.05) is 0 Å². The number of hydrogen-bond donors (Lipinski definition) is 1. The van der Waals surface area contributed by atoms with Crippen molar-refractivity contribution in [2.75, 3.05) is 16.8 Å². The summed E-state index contributed by atoms with van der Waals surface area (Å²) >= 11 is 2.04. The van der Waals surface area contributed by atoms with E-state index in [1.54, 1.807) is 0 Å². The number of rotatable bonds is 2. The molecule has 0 aromatic carbocycles. The first kappa shape index (κ1) is 9.90. The SMILES string of the molecule is Cc1cn(C)c(NC2CCCSC2)n1. The maximum atomic E-state index is 4.45. The van der Waals surface area contributed by atoms with Crippen LogP contribution in [-0.4, -0.2) is 27.1 Å². The summed E-state index contributed by atoms with van der Waals surface area (Å²) < 4.78 is 2.06. The Labute approximate surface area is 89.3 Å². The van der Waals surface area contributed by atoms with E-state index in [2.05, 4.69) is 21.1 Å². The predicted octanol–water partition coefficient (Wildman–Crippen LogP) is 2.04. The molecular weight excluding hydrogens is 194 g/mol. The highest BCUT2D eigenvalue weighted by atomic mass is 32.2. The summed E-state index contributed by atoms with van der Waals surface area (Å²) in [4.78, 5) is 4.45. The van der Waals surface area contributed by atoms with Gasteiger partial charge in [-0.3, -0.25) is 0 Å². The number of imidazole rings is 1. The van der Waals surface area contributed by atoms with Gasteiger partial charge in [0.25, 0.3) is 0 Å². The maximum absolute atomic E-state index is 4.45. The largest absolute Gasteiger partial charge is 0.352 e. The standard InChI is InChI=1S/C10H17N3S/c1-8-6-13(2)10(11-8)12-9-4-3-5-14-7-9/h6,9H,3-5,7H2,1-2H3,(H,11,12). The summed E-state index contributed by atoms with van der Waals surface area (Å²) in [6.45, 7) is 2.03. The third-order valence-corrected chi connectivity index (χ3v) is 3.71. The van der Waals surface area contributed by atoms with Crippen LogP contribution in [0.5, 0.6) is 0 Å². The van der Waals surface area contributed by atoms with Gasteiger partial charge in [0.05, 0.1) is 5.69 Å². The van der Waals surface area contributed by atoms with Gasteiger partial charge in [-0.15, -0.1) is 0 Å². The summed E-state index contributed by atoms with van der Waals surface area (Å²) in [6.07, 6.45) is 4.66. The van der Waals surface area contributed by atoms with Gasteiger partial charge in [-0.05, 0) is 25.5 Å². The molecule has 2 rings (SSSR count). The molecule has 0 spiro atoms. The Kier molecular flexibility index (Phi) is 3.01. The highest BCUT2D eigenvalue weighted by Crippen LogP contribution is 2.20. The Bertz CT molecular complexity index is 302. The lowest BCUT2D eigenvalue weighted by Gasteiger charge is -2.22. The van der Waals surface area contributed by atoms with Gasteiger partial charge in [0.1, 0.15) is 0 Å². The van der Waals surface area contributed by atoms with E-state index in [4.69, 9.17) is 0 Å². The fraction of sp³-hybridized carbons (Fsp3) is 0.700. The highest BCUT2D eigenvalue weighted by Gasteiger charge is 2.15. The fourth-order valence-corrected chi connectivity index (χ4v) is 2.86. The summed E-state index contributed by atoms with van der Waals surface area (Å²) in [5, 5.41) is 3.50. The molecule has 0 amide bonds. The van der Waals surface area contributed by atoms with Crippen molar-refractivity contribution in [2.24, 2.45) is 7.05 Å². The molecule has 2 heterocycles. The van der Waals surface area contributed by atoms with Crippen molar-refractivity contribution in [3.8, 4) is 0 Å². The molecule has 0 radical (unpaired) electrons. The third-order valence-electron chi connectivity index (χ3n) is 2.49. The Balaban J connectivity index is 1.98. The van der Waals surface area contributed by atoms with E-state index < -0.39 is 0 Å². The number of aromatic nitrogens is 2. The molecule has 1 aliphatic rings. The van der Waals surface area contributed by atoms with Crippen molar-refractivity contribution in [2.45, 2.75) is 25.8 Å². The van der Waals surface area contributed by atoms with Crippen molar-refractivity contribution < 1.29 is 0 Å². The summed E-state index contributed by atoms with van der Waals surface area (Å²) in [5.74, 6) is 3.54. The summed E-state index contributed by atoms with van der Waals surface area (Å²) in [5.41, 5.74) is 1.08. The van der Waals surface area contributed by atoms with Crippen LogP contribution in [0, 0.1) is 6.92 Å². The zero-order valence-electron chi connectivity index (χ0n) is 8.79. The second-order valence-electron chi connectivity index (χ2n) is 3.88. The quantitative estimate of drug-likeness (QED) is 0.812. The average Bonchev–Trinajstić information content (AvgIpc) is 2.47. The summed E-state index contributed by atoms with van der Waals surface area (Å²) in [6, 6.07) is 0.606. The zero-order chi connectivity index (χ0) is 9.97. The summed E-state index contributed by atoms with van der Waals surface area (Å²) in [7, 11) is 2.04. The van der Waals surface area contributed by atoms with Gasteiger partial charge < -0.3 is 9.88 Å². The topological polar surface area (TPSA) is 29.9 Å². The first-order chi connectivity index (χ1) is 6.75. The van der Waals surface area contributed by atoms with E-state index in [1.165, 1.54) is 24.3 Å². The van der Waals surface area contributed by atoms with E-state index in [-0.39, 0.29) is 0 Å². The Morgan fingerprint density at radius 1 is 1.64 bits per heavy atom. The second-order valence-corrected chi connectivity index (χ2v) is 5.03. The van der Waals surface area contributed by atoms with Crippen LogP contribution >= 0.6 is 11.8 Å². The first-order valence-corrected chi connectivity index (χ1v) is 6.25. The van der Waals surface area contributed by atoms with E-state index in [0.29, 0.717) is 6.04 Å². The normalized spacial score (nSPS) is 22.3. The predicted molar refractivity (Wildman–Crippen MR) is 61.9 cm³/mol. The van der Waals surface area contributed by atoms with Crippen LogP contribution in [0.15, 0.2) is 6.20 Å². The second kappa shape index (κ2) is 4.26. The maximum Gasteiger partial charge on any atom is 0.203 e. The van der Waals surface area contributed by atoms with Gasteiger partial charge in [0.15, 0.2) is 0 Å². The molecule has 1 aromatic heterocycles. The van der Waals surface area contributed by atoms with Crippen molar-refractivity contribution in [3.63, 3.8) is 0 Å². The van der Waals surface area contributed by atoms with Crippen molar-refractivity contribution in [1.29, 1.82) is 0 Å². The Morgan fingerprint density at radius 2 is 2.50 bits per heavy atom. The van der Waals surface area contributed by atoms with Crippen LogP contribution in [0.4, 0.5) is 5.95 Å². The van der Waals surface area contributed by atoms with Crippen LogP contribution in [0.25, 0.3) is 0 Å². The van der Waals surface area contributed by atoms with Gasteiger partial charge in [-0.2, -0.15) is 11.8 Å². The molecule has 0 bridgehead atoms. The Hall–Kier alpha value is -0.640. The molecule has 1 aromatic rings. The van der Waals surface area contributed by atoms with E-state index in [1.807, 2.05) is 25.7 Å². The highest BCUT2D eigenvalue weighted by molar-refractivity contribution is 7.99. The minimum absolute atomic E-state index is 0.606. The van der Waals surface area contributed by atoms with Gasteiger partial charge in [-0.25, -0.2) is 4.98 Å². The molecule has 1 aliphatic heterocycles. The van der Waals surface area contributed by atoms with Crippen LogP contribution in [0.3, 0.4) is 0 Å². The number of hydrogen-bond acceptors (Lipinski definition) is 3. The fourth-order valence-electron chi connectivity index (χ4n) is 1.79. The minimum Gasteiger partial charge on any atom is -0.352 e. The van der Waals surface area contributed by atoms with Gasteiger partial charge >= 0.3 is 0 Å². The van der Waals surface area contributed by atoms with Crippen LogP contribution < -0.4 is 5.32 Å². The first-order valence-electron chi connectivity index (χ1n) is 5.10. The van der Waals surface area contributed by atoms with Crippen LogP contribution in [0.1, 0.15) is 18.5 Å². The monoisotopic (exact) mass is 211 g/mol. The lowest BCUT2D eigenvalue weighted by molar-refractivity contribution is 0.673. The molecule has 1 fully saturated rings. The molecule has 1 atom stereocenters. The van der Waals surface area contributed by atoms with E-state index >= 15 is 0 Å². The number of nitrogens with one attached hydrogen (secondary N) is 1. The number of thioether (sulfide) groups is 1. The molecular formula is C10H17N3S. The lowest BCUT2D eigenvalue weighted by Crippen LogP contribution is -2.27. The molecule has 0 saturated carbocycles. The molecule has 14 heavy (non-hydrogen) atoms. The number of aryl methyl sites for hydroxylation is 2. The molecule has 3 nitrogen and oxygen atoms in total. The van der Waals surface area contributed by atoms with Crippen molar-refractivity contribution in [1.82, 2.24) is 9.55 Å². The molecule has 78 valence electrons. The van der Waals surface area contributed by atoms with Gasteiger partial charge in [0, 0.05) is 25.0 Å². The van der Waals surface area contributed by atoms with Crippen LogP contribution in [-0.2, 0) is 7.05 Å². The zero-order valence-corrected chi connectivity index (χ0v) is 9.60. The van der Waals surface area contributed by atoms with Crippen molar-refractivity contribution in [3.05, 3.63) is 11.9 Å². The molecule has 1 unspecified atom stereocenters. The van der Waals surface area contributed by atoms with E-state index in [0.717, 1.165) is 11.6 Å². The van der Waals surface area contributed by atoms with Gasteiger partial charge in [0.2, 0.25) is 5.95 Å². The van der Waals surface area contributed by atoms with E-state index in [9.17, 15) is 0 Å². The number of nitrogens with zero attached hydrogens (tertiary/aromatic N) is 2. The molecule has 1 saturated heterocycles. The van der Waals surface area contributed by atoms with Crippen molar-refractivity contribution >= 4 is 17.7 Å². The lowest BCUT2D eigenvalue weighted by atomic mass is 10.2. The molecule has 0 aliphatic carbocycles. The third kappa shape index (κ3) is 2.23.